The SMILES string of the molecule is CCCCCCCCCCCCOS(=O)(=O)c1ccccc1.[H-].[H-].[Na+].[Na+]. The first kappa shape index (κ1) is 27.3. The van der Waals surface area contributed by atoms with E-state index in [0.29, 0.717) is 0 Å². The third-order valence-corrected chi connectivity index (χ3v) is 5.09. The molecule has 0 heterocycles. The minimum absolute atomic E-state index is 0. The van der Waals surface area contributed by atoms with Crippen LogP contribution < -0.4 is 59.1 Å². The molecule has 0 saturated heterocycles. The quantitative estimate of drug-likeness (QED) is 0.267. The summed E-state index contributed by atoms with van der Waals surface area (Å²) in [4.78, 5) is 0.238. The second-order valence-corrected chi connectivity index (χ2v) is 7.39. The summed E-state index contributed by atoms with van der Waals surface area (Å²) in [5.41, 5.74) is 0. The summed E-state index contributed by atoms with van der Waals surface area (Å²) >= 11 is 0. The fourth-order valence-corrected chi connectivity index (χ4v) is 3.38. The molecule has 1 aromatic carbocycles. The van der Waals surface area contributed by atoms with E-state index < -0.39 is 10.1 Å². The molecule has 0 fully saturated rings. The van der Waals surface area contributed by atoms with Crippen LogP contribution in [0.3, 0.4) is 0 Å². The zero-order valence-corrected chi connectivity index (χ0v) is 20.6. The van der Waals surface area contributed by atoms with Crippen LogP contribution >= 0.6 is 0 Å². The Balaban J connectivity index is -0.000000605. The number of hydrogen-bond donors (Lipinski definition) is 0. The van der Waals surface area contributed by atoms with Crippen LogP contribution in [0, 0.1) is 0 Å². The van der Waals surface area contributed by atoms with E-state index >= 15 is 0 Å². The van der Waals surface area contributed by atoms with E-state index in [1.807, 2.05) is 0 Å². The van der Waals surface area contributed by atoms with Gasteiger partial charge >= 0.3 is 59.1 Å². The molecule has 1 aromatic rings. The van der Waals surface area contributed by atoms with Crippen LogP contribution in [0.15, 0.2) is 35.2 Å². The van der Waals surface area contributed by atoms with Crippen molar-refractivity contribution in [1.82, 2.24) is 0 Å². The van der Waals surface area contributed by atoms with Gasteiger partial charge in [-0.3, -0.25) is 4.18 Å². The zero-order chi connectivity index (χ0) is 16.1. The van der Waals surface area contributed by atoms with Crippen molar-refractivity contribution in [3.8, 4) is 0 Å². The molecule has 0 radical (unpaired) electrons. The van der Waals surface area contributed by atoms with Crippen molar-refractivity contribution in [2.75, 3.05) is 6.61 Å². The molecule has 0 aliphatic carbocycles. The van der Waals surface area contributed by atoms with E-state index in [0.717, 1.165) is 12.8 Å². The third kappa shape index (κ3) is 13.3. The average molecular weight is 374 g/mol. The first-order valence-electron chi connectivity index (χ1n) is 8.61. The molecule has 0 spiro atoms. The van der Waals surface area contributed by atoms with Gasteiger partial charge in [0.2, 0.25) is 0 Å². The van der Waals surface area contributed by atoms with Gasteiger partial charge in [-0.15, -0.1) is 0 Å². The topological polar surface area (TPSA) is 43.4 Å². The summed E-state index contributed by atoms with van der Waals surface area (Å²) in [7, 11) is -3.57. The van der Waals surface area contributed by atoms with Crippen molar-refractivity contribution in [2.45, 2.75) is 76.0 Å². The molecule has 1 rings (SSSR count). The summed E-state index contributed by atoms with van der Waals surface area (Å²) in [6.07, 6.45) is 12.3. The van der Waals surface area contributed by atoms with Crippen LogP contribution in [0.5, 0.6) is 0 Å². The van der Waals surface area contributed by atoms with Crippen molar-refractivity contribution in [3.63, 3.8) is 0 Å². The largest absolute Gasteiger partial charge is 1.00 e. The molecule has 0 saturated carbocycles. The molecular weight excluding hydrogens is 342 g/mol. The standard InChI is InChI=1S/C18H30O3S.2Na.2H/c1-2-3-4-5-6-7-8-9-10-14-17-21-22(19,20)18-15-12-11-13-16-18;;;;/h11-13,15-16H,2-10,14,17H2,1H3;;;;/q;2*+1;2*-1. The van der Waals surface area contributed by atoms with Crippen molar-refractivity contribution >= 4 is 10.1 Å². The molecule has 130 valence electrons. The zero-order valence-electron chi connectivity index (χ0n) is 17.8. The van der Waals surface area contributed by atoms with Gasteiger partial charge in [-0.05, 0) is 18.6 Å². The Labute approximate surface area is 196 Å². The molecule has 0 unspecified atom stereocenters. The molecule has 0 amide bonds. The van der Waals surface area contributed by atoms with Gasteiger partial charge < -0.3 is 2.85 Å². The summed E-state index contributed by atoms with van der Waals surface area (Å²) in [6, 6.07) is 8.33. The Morgan fingerprint density at radius 1 is 0.792 bits per heavy atom. The molecule has 6 heteroatoms. The number of benzene rings is 1. The Kier molecular flexibility index (Phi) is 20.0. The molecule has 0 aliphatic rings. The summed E-state index contributed by atoms with van der Waals surface area (Å²) < 4.78 is 28.8. The fraction of sp³-hybridized carbons (Fsp3) is 0.667. The van der Waals surface area contributed by atoms with Crippen LogP contribution in [-0.2, 0) is 14.3 Å². The van der Waals surface area contributed by atoms with Gasteiger partial charge in [-0.2, -0.15) is 8.42 Å². The van der Waals surface area contributed by atoms with Gasteiger partial charge in [0.05, 0.1) is 11.5 Å². The Hall–Kier alpha value is 1.13. The van der Waals surface area contributed by atoms with E-state index in [1.54, 1.807) is 30.3 Å². The maximum atomic E-state index is 11.9. The van der Waals surface area contributed by atoms with E-state index in [-0.39, 0.29) is 73.5 Å². The van der Waals surface area contributed by atoms with Gasteiger partial charge in [-0.25, -0.2) is 0 Å². The molecule has 24 heavy (non-hydrogen) atoms. The molecule has 0 N–H and O–H groups in total. The Morgan fingerprint density at radius 3 is 1.75 bits per heavy atom. The van der Waals surface area contributed by atoms with E-state index in [1.165, 1.54) is 51.4 Å². The summed E-state index contributed by atoms with van der Waals surface area (Å²) in [5, 5.41) is 0. The maximum absolute atomic E-state index is 11.9. The van der Waals surface area contributed by atoms with Crippen molar-refractivity contribution in [3.05, 3.63) is 30.3 Å². The normalized spacial score (nSPS) is 10.7. The smallest absolute Gasteiger partial charge is 1.00 e. The van der Waals surface area contributed by atoms with Crippen LogP contribution in [0.4, 0.5) is 0 Å². The van der Waals surface area contributed by atoms with E-state index in [9.17, 15) is 8.42 Å². The average Bonchev–Trinajstić information content (AvgIpc) is 2.53. The Bertz CT molecular complexity index is 488. The van der Waals surface area contributed by atoms with Crippen LogP contribution in [-0.4, -0.2) is 15.0 Å². The van der Waals surface area contributed by atoms with Gasteiger partial charge in [0, 0.05) is 0 Å². The van der Waals surface area contributed by atoms with E-state index in [2.05, 4.69) is 6.92 Å². The van der Waals surface area contributed by atoms with Crippen molar-refractivity contribution < 1.29 is 74.6 Å². The maximum Gasteiger partial charge on any atom is 1.00 e. The van der Waals surface area contributed by atoms with Crippen molar-refractivity contribution in [1.29, 1.82) is 0 Å². The Morgan fingerprint density at radius 2 is 1.25 bits per heavy atom. The first-order valence-corrected chi connectivity index (χ1v) is 10.0. The summed E-state index contributed by atoms with van der Waals surface area (Å²) in [6.45, 7) is 2.52. The predicted octanol–water partition coefficient (Wildman–Crippen LogP) is -0.454. The van der Waals surface area contributed by atoms with Gasteiger partial charge in [0.25, 0.3) is 10.1 Å². The second kappa shape index (κ2) is 17.5. The predicted molar refractivity (Wildman–Crippen MR) is 93.6 cm³/mol. The molecule has 0 bridgehead atoms. The molecule has 0 atom stereocenters. The van der Waals surface area contributed by atoms with Crippen molar-refractivity contribution in [2.24, 2.45) is 0 Å². The second-order valence-electron chi connectivity index (χ2n) is 5.77. The van der Waals surface area contributed by atoms with Crippen LogP contribution in [0.1, 0.15) is 74.0 Å². The number of unbranched alkanes of at least 4 members (excludes halogenated alkanes) is 9. The van der Waals surface area contributed by atoms with Gasteiger partial charge in [-0.1, -0.05) is 82.9 Å². The van der Waals surface area contributed by atoms with Gasteiger partial charge in [0.15, 0.2) is 0 Å². The number of hydrogen-bond acceptors (Lipinski definition) is 3. The molecular formula is C18H32Na2O3S. The van der Waals surface area contributed by atoms with Crippen LogP contribution in [0.2, 0.25) is 0 Å². The molecule has 0 aromatic heterocycles. The monoisotopic (exact) mass is 374 g/mol. The fourth-order valence-electron chi connectivity index (χ4n) is 2.41. The number of rotatable bonds is 13. The van der Waals surface area contributed by atoms with E-state index in [4.69, 9.17) is 4.18 Å². The third-order valence-electron chi connectivity index (χ3n) is 3.77. The summed E-state index contributed by atoms with van der Waals surface area (Å²) in [5.74, 6) is 0. The first-order chi connectivity index (χ1) is 10.7. The minimum atomic E-state index is -3.57. The minimum Gasteiger partial charge on any atom is -1.00 e. The van der Waals surface area contributed by atoms with Gasteiger partial charge in [0.1, 0.15) is 0 Å². The molecule has 3 nitrogen and oxygen atoms in total. The molecule has 0 aliphatic heterocycles. The van der Waals surface area contributed by atoms with Crippen LogP contribution in [0.25, 0.3) is 0 Å².